The number of methoxy groups -OCH3 is 1. The number of rotatable bonds is 6. The van der Waals surface area contributed by atoms with Crippen molar-refractivity contribution in [2.24, 2.45) is 0 Å². The number of hydrogen-bond acceptors (Lipinski definition) is 7. The monoisotopic (exact) mass is 376 g/mol. The number of carbonyl (C=O) groups is 3. The normalized spacial score (nSPS) is 12.1. The van der Waals surface area contributed by atoms with E-state index in [0.717, 1.165) is 0 Å². The Labute approximate surface area is 157 Å². The van der Waals surface area contributed by atoms with Crippen LogP contribution in [0.4, 0.5) is 0 Å². The van der Waals surface area contributed by atoms with Crippen molar-refractivity contribution in [2.45, 2.75) is 53.6 Å². The molecule has 8 nitrogen and oxygen atoms in total. The minimum atomic E-state index is -1.06. The minimum Gasteiger partial charge on any atom is -0.465 e. The molecule has 0 radical (unpaired) electrons. The number of hydrogen-bond donors (Lipinski definition) is 1. The van der Waals surface area contributed by atoms with Crippen LogP contribution >= 0.6 is 0 Å². The molecule has 2 aromatic heterocycles. The van der Waals surface area contributed by atoms with Crippen LogP contribution in [0.25, 0.3) is 0 Å². The number of ether oxygens (including phenoxy) is 2. The summed E-state index contributed by atoms with van der Waals surface area (Å²) < 4.78 is 15.3. The molecule has 0 spiro atoms. The number of nitrogens with zero attached hydrogens (tertiary/aromatic N) is 1. The van der Waals surface area contributed by atoms with Gasteiger partial charge in [0.2, 0.25) is 5.78 Å². The Balaban J connectivity index is 2.26. The van der Waals surface area contributed by atoms with Gasteiger partial charge in [-0.05, 0) is 33.3 Å². The fraction of sp³-hybridized carbons (Fsp3) is 0.474. The van der Waals surface area contributed by atoms with E-state index in [0.29, 0.717) is 28.3 Å². The van der Waals surface area contributed by atoms with Crippen LogP contribution in [0.15, 0.2) is 4.52 Å². The molecule has 0 saturated heterocycles. The fourth-order valence-electron chi connectivity index (χ4n) is 2.91. The summed E-state index contributed by atoms with van der Waals surface area (Å²) in [5, 5.41) is 3.81. The van der Waals surface area contributed by atoms with Crippen LogP contribution in [0.1, 0.15) is 80.6 Å². The van der Waals surface area contributed by atoms with Gasteiger partial charge in [0.15, 0.2) is 11.9 Å². The zero-order valence-electron chi connectivity index (χ0n) is 16.6. The van der Waals surface area contributed by atoms with Crippen LogP contribution in [0, 0.1) is 20.8 Å². The third kappa shape index (κ3) is 3.79. The van der Waals surface area contributed by atoms with Crippen LogP contribution in [0.5, 0.6) is 0 Å². The number of carbonyl (C=O) groups excluding carboxylic acids is 3. The predicted molar refractivity (Wildman–Crippen MR) is 96.1 cm³/mol. The topological polar surface area (TPSA) is 111 Å². The molecule has 2 rings (SSSR count). The standard InChI is InChI=1S/C19H24N2O6/c1-8(2)17-14(11(5)21-27-17)19(24)26-12(6)16(22)15-9(3)13(10(4)20-15)18(23)25-7/h8,12,20H,1-7H3/t12-/m0/s1. The number of Topliss-reactive ketones (excluding diaryl/α,β-unsaturated/α-hetero) is 1. The van der Waals surface area contributed by atoms with E-state index in [2.05, 4.69) is 10.1 Å². The van der Waals surface area contributed by atoms with Gasteiger partial charge in [-0.1, -0.05) is 19.0 Å². The van der Waals surface area contributed by atoms with E-state index in [1.807, 2.05) is 13.8 Å². The zero-order valence-corrected chi connectivity index (χ0v) is 16.6. The first-order valence-corrected chi connectivity index (χ1v) is 8.58. The molecular weight excluding hydrogens is 352 g/mol. The number of aryl methyl sites for hydroxylation is 2. The number of aromatic amines is 1. The molecule has 1 N–H and O–H groups in total. The van der Waals surface area contributed by atoms with Crippen molar-refractivity contribution in [1.82, 2.24) is 10.1 Å². The molecule has 0 bridgehead atoms. The highest BCUT2D eigenvalue weighted by molar-refractivity contribution is 6.04. The van der Waals surface area contributed by atoms with E-state index < -0.39 is 23.8 Å². The van der Waals surface area contributed by atoms with Gasteiger partial charge in [0.25, 0.3) is 0 Å². The van der Waals surface area contributed by atoms with Gasteiger partial charge in [0.1, 0.15) is 5.56 Å². The molecule has 0 aliphatic rings. The summed E-state index contributed by atoms with van der Waals surface area (Å²) in [5.74, 6) is -1.30. The lowest BCUT2D eigenvalue weighted by Crippen LogP contribution is -2.26. The summed E-state index contributed by atoms with van der Waals surface area (Å²) in [5.41, 5.74) is 2.12. The molecule has 0 saturated carbocycles. The van der Waals surface area contributed by atoms with Gasteiger partial charge in [-0.2, -0.15) is 0 Å². The number of esters is 2. The SMILES string of the molecule is COC(=O)c1c(C)[nH]c(C(=O)[C@H](C)OC(=O)c2c(C)noc2C(C)C)c1C. The maximum Gasteiger partial charge on any atom is 0.344 e. The minimum absolute atomic E-state index is 0.0596. The average Bonchev–Trinajstić information content (AvgIpc) is 3.13. The van der Waals surface area contributed by atoms with E-state index in [1.165, 1.54) is 14.0 Å². The number of nitrogens with one attached hydrogen (secondary N) is 1. The Hall–Kier alpha value is -2.90. The first kappa shape index (κ1) is 20.4. The summed E-state index contributed by atoms with van der Waals surface area (Å²) in [6.07, 6.45) is -1.06. The third-order valence-electron chi connectivity index (χ3n) is 4.34. The lowest BCUT2D eigenvalue weighted by atomic mass is 10.0. The first-order valence-electron chi connectivity index (χ1n) is 8.58. The van der Waals surface area contributed by atoms with Gasteiger partial charge >= 0.3 is 11.9 Å². The second kappa shape index (κ2) is 7.77. The molecule has 0 aliphatic carbocycles. The molecule has 1 atom stereocenters. The highest BCUT2D eigenvalue weighted by Gasteiger charge is 2.30. The smallest absolute Gasteiger partial charge is 0.344 e. The molecule has 2 heterocycles. The Morgan fingerprint density at radius 1 is 1.04 bits per heavy atom. The molecule has 0 aliphatic heterocycles. The largest absolute Gasteiger partial charge is 0.465 e. The number of aromatic nitrogens is 2. The summed E-state index contributed by atoms with van der Waals surface area (Å²) in [4.78, 5) is 40.1. The maximum atomic E-state index is 12.8. The van der Waals surface area contributed by atoms with E-state index in [-0.39, 0.29) is 17.2 Å². The van der Waals surface area contributed by atoms with Crippen LogP contribution in [0.3, 0.4) is 0 Å². The summed E-state index contributed by atoms with van der Waals surface area (Å²) in [6, 6.07) is 0. The van der Waals surface area contributed by atoms with Crippen LogP contribution in [-0.2, 0) is 9.47 Å². The quantitative estimate of drug-likeness (QED) is 0.608. The number of ketones is 1. The summed E-state index contributed by atoms with van der Waals surface area (Å²) in [6.45, 7) is 10.2. The van der Waals surface area contributed by atoms with Crippen molar-refractivity contribution >= 4 is 17.7 Å². The van der Waals surface area contributed by atoms with E-state index >= 15 is 0 Å². The van der Waals surface area contributed by atoms with Crippen molar-refractivity contribution in [3.8, 4) is 0 Å². The molecule has 0 fully saturated rings. The summed E-state index contributed by atoms with van der Waals surface area (Å²) >= 11 is 0. The molecule has 146 valence electrons. The Bertz CT molecular complexity index is 890. The maximum absolute atomic E-state index is 12.8. The molecule has 2 aromatic rings. The number of H-pyrrole nitrogens is 1. The molecule has 8 heteroatoms. The van der Waals surface area contributed by atoms with Gasteiger partial charge in [0, 0.05) is 11.6 Å². The molecule has 0 amide bonds. The highest BCUT2D eigenvalue weighted by Crippen LogP contribution is 2.25. The predicted octanol–water partition coefficient (Wildman–Crippen LogP) is 3.27. The lowest BCUT2D eigenvalue weighted by Gasteiger charge is -2.13. The zero-order chi connectivity index (χ0) is 20.5. The average molecular weight is 376 g/mol. The van der Waals surface area contributed by atoms with Crippen LogP contribution in [-0.4, -0.2) is 41.1 Å². The van der Waals surface area contributed by atoms with Gasteiger partial charge in [-0.3, -0.25) is 4.79 Å². The van der Waals surface area contributed by atoms with Crippen molar-refractivity contribution in [1.29, 1.82) is 0 Å². The second-order valence-electron chi connectivity index (χ2n) is 6.69. The van der Waals surface area contributed by atoms with Crippen molar-refractivity contribution in [3.05, 3.63) is 39.5 Å². The summed E-state index contributed by atoms with van der Waals surface area (Å²) in [7, 11) is 1.27. The Morgan fingerprint density at radius 3 is 2.22 bits per heavy atom. The van der Waals surface area contributed by atoms with Crippen LogP contribution in [0.2, 0.25) is 0 Å². The third-order valence-corrected chi connectivity index (χ3v) is 4.34. The molecule has 27 heavy (non-hydrogen) atoms. The van der Waals surface area contributed by atoms with Gasteiger partial charge in [-0.25, -0.2) is 9.59 Å². The molecule has 0 aromatic carbocycles. The van der Waals surface area contributed by atoms with Crippen molar-refractivity contribution < 1.29 is 28.4 Å². The second-order valence-corrected chi connectivity index (χ2v) is 6.69. The fourth-order valence-corrected chi connectivity index (χ4v) is 2.91. The first-order chi connectivity index (χ1) is 12.6. The van der Waals surface area contributed by atoms with E-state index in [4.69, 9.17) is 14.0 Å². The molecule has 0 unspecified atom stereocenters. The highest BCUT2D eigenvalue weighted by atomic mass is 16.5. The Kier molecular flexibility index (Phi) is 5.88. The van der Waals surface area contributed by atoms with Gasteiger partial charge in [-0.15, -0.1) is 0 Å². The lowest BCUT2D eigenvalue weighted by molar-refractivity contribution is 0.0313. The van der Waals surface area contributed by atoms with Crippen molar-refractivity contribution in [3.63, 3.8) is 0 Å². The Morgan fingerprint density at radius 2 is 1.67 bits per heavy atom. The van der Waals surface area contributed by atoms with Gasteiger partial charge in [0.05, 0.1) is 24.1 Å². The van der Waals surface area contributed by atoms with Gasteiger partial charge < -0.3 is 19.0 Å². The van der Waals surface area contributed by atoms with E-state index in [9.17, 15) is 14.4 Å². The van der Waals surface area contributed by atoms with Crippen molar-refractivity contribution in [2.75, 3.05) is 7.11 Å². The van der Waals surface area contributed by atoms with Crippen LogP contribution < -0.4 is 0 Å². The molecular formula is C19H24N2O6. The van der Waals surface area contributed by atoms with E-state index in [1.54, 1.807) is 20.8 Å².